The second-order valence-corrected chi connectivity index (χ2v) is 6.99. The van der Waals surface area contributed by atoms with E-state index >= 15 is 0 Å². The van der Waals surface area contributed by atoms with Gasteiger partial charge in [0.2, 0.25) is 5.91 Å². The topological polar surface area (TPSA) is 61.4 Å². The van der Waals surface area contributed by atoms with E-state index < -0.39 is 0 Å². The number of urea groups is 1. The van der Waals surface area contributed by atoms with E-state index in [1.165, 1.54) is 12.5 Å². The molecule has 2 heterocycles. The van der Waals surface area contributed by atoms with Crippen molar-refractivity contribution in [2.24, 2.45) is 0 Å². The molecule has 3 rings (SSSR count). The first-order valence-corrected chi connectivity index (χ1v) is 8.89. The Bertz CT molecular complexity index is 682. The molecule has 1 aromatic heterocycles. The van der Waals surface area contributed by atoms with E-state index in [9.17, 15) is 9.59 Å². The van der Waals surface area contributed by atoms with E-state index in [4.69, 9.17) is 0 Å². The normalized spacial score (nSPS) is 15.5. The Morgan fingerprint density at radius 1 is 1.21 bits per heavy atom. The third-order valence-electron chi connectivity index (χ3n) is 4.04. The van der Waals surface area contributed by atoms with E-state index in [0.717, 1.165) is 11.3 Å². The average Bonchev–Trinajstić information content (AvgIpc) is 3.05. The number of nitrogens with one attached hydrogen (secondary N) is 2. The molecule has 3 amide bonds. The van der Waals surface area contributed by atoms with Crippen molar-refractivity contribution in [2.45, 2.75) is 25.4 Å². The number of carbonyl (C=O) groups excluding carboxylic acids is 2. The van der Waals surface area contributed by atoms with Crippen LogP contribution in [-0.4, -0.2) is 36.0 Å². The van der Waals surface area contributed by atoms with Crippen molar-refractivity contribution < 1.29 is 9.59 Å². The highest BCUT2D eigenvalue weighted by atomic mass is 32.1. The molecule has 1 saturated heterocycles. The molecule has 6 heteroatoms. The lowest BCUT2D eigenvalue weighted by molar-refractivity contribution is -0.120. The SMILES string of the molecule is CC(=O)NC1CN(C(=O)N[C@H](Cc2ccccc2)c2cccs2)C1. The van der Waals surface area contributed by atoms with Crippen LogP contribution in [0.2, 0.25) is 0 Å². The molecule has 126 valence electrons. The van der Waals surface area contributed by atoms with Crippen LogP contribution in [0.5, 0.6) is 0 Å². The highest BCUT2D eigenvalue weighted by Gasteiger charge is 2.32. The maximum absolute atomic E-state index is 12.5. The number of rotatable bonds is 5. The van der Waals surface area contributed by atoms with Crippen LogP contribution >= 0.6 is 11.3 Å². The number of benzene rings is 1. The number of nitrogens with zero attached hydrogens (tertiary/aromatic N) is 1. The van der Waals surface area contributed by atoms with Crippen LogP contribution in [0.15, 0.2) is 47.8 Å². The molecule has 2 N–H and O–H groups in total. The minimum absolute atomic E-state index is 0.0419. The summed E-state index contributed by atoms with van der Waals surface area (Å²) in [5.74, 6) is -0.0550. The van der Waals surface area contributed by atoms with Gasteiger partial charge in [-0.25, -0.2) is 4.79 Å². The minimum Gasteiger partial charge on any atom is -0.350 e. The highest BCUT2D eigenvalue weighted by Crippen LogP contribution is 2.23. The van der Waals surface area contributed by atoms with Gasteiger partial charge in [-0.15, -0.1) is 11.3 Å². The molecule has 24 heavy (non-hydrogen) atoms. The molecule has 1 aliphatic heterocycles. The predicted octanol–water partition coefficient (Wildman–Crippen LogP) is 2.56. The van der Waals surface area contributed by atoms with Crippen LogP contribution in [0, 0.1) is 0 Å². The molecule has 1 aliphatic rings. The van der Waals surface area contributed by atoms with E-state index in [1.54, 1.807) is 16.2 Å². The van der Waals surface area contributed by atoms with Gasteiger partial charge in [-0.05, 0) is 23.4 Å². The fourth-order valence-electron chi connectivity index (χ4n) is 2.83. The summed E-state index contributed by atoms with van der Waals surface area (Å²) in [6, 6.07) is 14.2. The number of hydrogen-bond donors (Lipinski definition) is 2. The number of carbonyl (C=O) groups is 2. The molecule has 5 nitrogen and oxygen atoms in total. The maximum Gasteiger partial charge on any atom is 0.318 e. The Kier molecular flexibility index (Phi) is 5.15. The number of amides is 3. The molecule has 0 unspecified atom stereocenters. The standard InChI is InChI=1S/C18H21N3O2S/c1-13(22)19-15-11-21(12-15)18(23)20-16(17-8-5-9-24-17)10-14-6-3-2-4-7-14/h2-9,15-16H,10-12H2,1H3,(H,19,22)(H,20,23)/t16-/m1/s1. The van der Waals surface area contributed by atoms with Crippen LogP contribution in [0.3, 0.4) is 0 Å². The molecule has 1 aromatic carbocycles. The molecule has 0 aliphatic carbocycles. The van der Waals surface area contributed by atoms with E-state index in [0.29, 0.717) is 13.1 Å². The molecule has 0 bridgehead atoms. The van der Waals surface area contributed by atoms with E-state index in [-0.39, 0.29) is 24.0 Å². The average molecular weight is 343 g/mol. The van der Waals surface area contributed by atoms with Crippen molar-refractivity contribution in [1.29, 1.82) is 0 Å². The first-order chi connectivity index (χ1) is 11.6. The van der Waals surface area contributed by atoms with E-state index in [2.05, 4.69) is 28.8 Å². The summed E-state index contributed by atoms with van der Waals surface area (Å²) < 4.78 is 0. The number of thiophene rings is 1. The smallest absolute Gasteiger partial charge is 0.318 e. The molecule has 2 aromatic rings. The fraction of sp³-hybridized carbons (Fsp3) is 0.333. The molecular weight excluding hydrogens is 322 g/mol. The van der Waals surface area contributed by atoms with Crippen LogP contribution in [0.25, 0.3) is 0 Å². The van der Waals surface area contributed by atoms with Crippen molar-refractivity contribution in [3.05, 3.63) is 58.3 Å². The summed E-state index contributed by atoms with van der Waals surface area (Å²) in [7, 11) is 0. The minimum atomic E-state index is -0.0778. The molecule has 1 atom stereocenters. The Morgan fingerprint density at radius 2 is 1.96 bits per heavy atom. The largest absolute Gasteiger partial charge is 0.350 e. The Morgan fingerprint density at radius 3 is 2.58 bits per heavy atom. The maximum atomic E-state index is 12.5. The fourth-order valence-corrected chi connectivity index (χ4v) is 3.60. The van der Waals surface area contributed by atoms with Gasteiger partial charge in [-0.3, -0.25) is 4.79 Å². The lowest BCUT2D eigenvalue weighted by Crippen LogP contribution is -2.62. The number of hydrogen-bond acceptors (Lipinski definition) is 3. The van der Waals surface area contributed by atoms with E-state index in [1.807, 2.05) is 29.6 Å². The van der Waals surface area contributed by atoms with Gasteiger partial charge in [-0.1, -0.05) is 36.4 Å². The van der Waals surface area contributed by atoms with Crippen LogP contribution < -0.4 is 10.6 Å². The molecule has 0 saturated carbocycles. The van der Waals surface area contributed by atoms with Crippen molar-refractivity contribution in [2.75, 3.05) is 13.1 Å². The van der Waals surface area contributed by atoms with Crippen molar-refractivity contribution in [3.8, 4) is 0 Å². The van der Waals surface area contributed by atoms with Gasteiger partial charge in [-0.2, -0.15) is 0 Å². The van der Waals surface area contributed by atoms with Gasteiger partial charge in [0.05, 0.1) is 12.1 Å². The van der Waals surface area contributed by atoms with Gasteiger partial charge in [0.25, 0.3) is 0 Å². The first kappa shape index (κ1) is 16.5. The summed E-state index contributed by atoms with van der Waals surface area (Å²) in [4.78, 5) is 26.4. The number of likely N-dealkylation sites (tertiary alicyclic amines) is 1. The summed E-state index contributed by atoms with van der Waals surface area (Å²) in [6.45, 7) is 2.62. The Labute approximate surface area is 145 Å². The summed E-state index contributed by atoms with van der Waals surface area (Å²) in [5.41, 5.74) is 1.19. The molecule has 1 fully saturated rings. The zero-order valence-electron chi connectivity index (χ0n) is 13.6. The van der Waals surface area contributed by atoms with Crippen molar-refractivity contribution in [1.82, 2.24) is 15.5 Å². The Hall–Kier alpha value is -2.34. The van der Waals surface area contributed by atoms with Crippen LogP contribution in [0.4, 0.5) is 4.79 Å². The third-order valence-corrected chi connectivity index (χ3v) is 5.03. The lowest BCUT2D eigenvalue weighted by atomic mass is 10.0. The van der Waals surface area contributed by atoms with Gasteiger partial charge >= 0.3 is 6.03 Å². The Balaban J connectivity index is 1.60. The molecule has 0 radical (unpaired) electrons. The van der Waals surface area contributed by atoms with Gasteiger partial charge in [0.1, 0.15) is 0 Å². The van der Waals surface area contributed by atoms with Gasteiger partial charge in [0.15, 0.2) is 0 Å². The zero-order chi connectivity index (χ0) is 16.9. The third kappa shape index (κ3) is 4.14. The summed E-state index contributed by atoms with van der Waals surface area (Å²) in [6.07, 6.45) is 0.760. The van der Waals surface area contributed by atoms with Crippen molar-refractivity contribution >= 4 is 23.3 Å². The first-order valence-electron chi connectivity index (χ1n) is 8.01. The van der Waals surface area contributed by atoms with Gasteiger partial charge in [0, 0.05) is 24.9 Å². The predicted molar refractivity (Wildman–Crippen MR) is 94.9 cm³/mol. The highest BCUT2D eigenvalue weighted by molar-refractivity contribution is 7.10. The second-order valence-electron chi connectivity index (χ2n) is 6.01. The van der Waals surface area contributed by atoms with Crippen molar-refractivity contribution in [3.63, 3.8) is 0 Å². The quantitative estimate of drug-likeness (QED) is 0.876. The van der Waals surface area contributed by atoms with Crippen LogP contribution in [-0.2, 0) is 11.2 Å². The lowest BCUT2D eigenvalue weighted by Gasteiger charge is -2.40. The monoisotopic (exact) mass is 343 g/mol. The summed E-state index contributed by atoms with van der Waals surface area (Å²) in [5, 5.41) is 7.98. The van der Waals surface area contributed by atoms with Crippen LogP contribution in [0.1, 0.15) is 23.4 Å². The molecule has 0 spiro atoms. The van der Waals surface area contributed by atoms with Gasteiger partial charge < -0.3 is 15.5 Å². The molecular formula is C18H21N3O2S. The zero-order valence-corrected chi connectivity index (χ0v) is 14.4. The summed E-state index contributed by atoms with van der Waals surface area (Å²) >= 11 is 1.65. The second kappa shape index (κ2) is 7.49.